The highest BCUT2D eigenvalue weighted by molar-refractivity contribution is 6.31. The summed E-state index contributed by atoms with van der Waals surface area (Å²) in [5, 5.41) is 0.393. The summed E-state index contributed by atoms with van der Waals surface area (Å²) in [5.74, 6) is 0.634. The summed E-state index contributed by atoms with van der Waals surface area (Å²) in [4.78, 5) is 26.8. The lowest BCUT2D eigenvalue weighted by Gasteiger charge is -2.42. The highest BCUT2D eigenvalue weighted by atomic mass is 35.5. The average molecular weight is 422 g/mol. The molecule has 29 heavy (non-hydrogen) atoms. The second-order valence-corrected chi connectivity index (χ2v) is 8.72. The Morgan fingerprint density at radius 3 is 2.55 bits per heavy atom. The van der Waals surface area contributed by atoms with Gasteiger partial charge in [0.05, 0.1) is 0 Å². The van der Waals surface area contributed by atoms with E-state index in [0.717, 1.165) is 17.4 Å². The number of hydrogen-bond acceptors (Lipinski definition) is 3. The van der Waals surface area contributed by atoms with E-state index in [1.807, 2.05) is 0 Å². The van der Waals surface area contributed by atoms with E-state index in [9.17, 15) is 14.0 Å². The van der Waals surface area contributed by atoms with Gasteiger partial charge in [-0.15, -0.1) is 0 Å². The van der Waals surface area contributed by atoms with E-state index in [1.54, 1.807) is 19.2 Å². The van der Waals surface area contributed by atoms with E-state index >= 15 is 0 Å². The lowest BCUT2D eigenvalue weighted by atomic mass is 9.77. The van der Waals surface area contributed by atoms with Gasteiger partial charge in [-0.25, -0.2) is 9.18 Å². The SMILES string of the molecule is CC1CCCC(N(Cc2c(F)cccc2Cl)Cc2cc(=O)n(C)c(=O)n2C)C1C. The lowest BCUT2D eigenvalue weighted by Crippen LogP contribution is -2.45. The second kappa shape index (κ2) is 8.84. The zero-order chi connectivity index (χ0) is 21.3. The normalized spacial score (nSPS) is 22.2. The van der Waals surface area contributed by atoms with Gasteiger partial charge in [0, 0.05) is 55.6 Å². The molecule has 0 bridgehead atoms. The molecule has 7 heteroatoms. The van der Waals surface area contributed by atoms with Crippen LogP contribution in [0.25, 0.3) is 0 Å². The van der Waals surface area contributed by atoms with E-state index < -0.39 is 0 Å². The van der Waals surface area contributed by atoms with E-state index in [0.29, 0.717) is 41.2 Å². The minimum Gasteiger partial charge on any atom is -0.299 e. The van der Waals surface area contributed by atoms with Crippen LogP contribution in [0.1, 0.15) is 44.4 Å². The van der Waals surface area contributed by atoms with E-state index in [-0.39, 0.29) is 23.1 Å². The highest BCUT2D eigenvalue weighted by Crippen LogP contribution is 2.35. The van der Waals surface area contributed by atoms with Gasteiger partial charge in [-0.05, 0) is 30.4 Å². The summed E-state index contributed by atoms with van der Waals surface area (Å²) >= 11 is 6.31. The molecule has 3 rings (SSSR count). The topological polar surface area (TPSA) is 47.2 Å². The van der Waals surface area contributed by atoms with E-state index in [4.69, 9.17) is 11.6 Å². The molecule has 0 N–H and O–H groups in total. The van der Waals surface area contributed by atoms with Crippen molar-refractivity contribution >= 4 is 11.6 Å². The van der Waals surface area contributed by atoms with Crippen LogP contribution in [0.5, 0.6) is 0 Å². The molecule has 1 saturated carbocycles. The van der Waals surface area contributed by atoms with Crippen LogP contribution in [0, 0.1) is 17.7 Å². The molecule has 1 fully saturated rings. The third kappa shape index (κ3) is 4.48. The van der Waals surface area contributed by atoms with Gasteiger partial charge in [-0.2, -0.15) is 0 Å². The molecule has 3 unspecified atom stereocenters. The van der Waals surface area contributed by atoms with Gasteiger partial charge in [0.1, 0.15) is 5.82 Å². The molecule has 2 aromatic rings. The Morgan fingerprint density at radius 1 is 1.14 bits per heavy atom. The monoisotopic (exact) mass is 421 g/mol. The molecule has 0 spiro atoms. The quantitative estimate of drug-likeness (QED) is 0.739. The van der Waals surface area contributed by atoms with Gasteiger partial charge >= 0.3 is 5.69 Å². The van der Waals surface area contributed by atoms with Crippen LogP contribution in [0.15, 0.2) is 33.9 Å². The predicted octanol–water partition coefficient (Wildman–Crippen LogP) is 3.70. The number of rotatable bonds is 5. The van der Waals surface area contributed by atoms with Crippen molar-refractivity contribution in [1.82, 2.24) is 14.0 Å². The number of benzene rings is 1. The first-order valence-corrected chi connectivity index (χ1v) is 10.5. The molecule has 158 valence electrons. The van der Waals surface area contributed by atoms with Crippen molar-refractivity contribution in [1.29, 1.82) is 0 Å². The summed E-state index contributed by atoms with van der Waals surface area (Å²) in [6, 6.07) is 6.42. The molecule has 0 amide bonds. The minimum absolute atomic E-state index is 0.216. The molecule has 1 aliphatic rings. The van der Waals surface area contributed by atoms with Gasteiger partial charge in [0.25, 0.3) is 5.56 Å². The Kier molecular flexibility index (Phi) is 6.64. The molecule has 5 nitrogen and oxygen atoms in total. The van der Waals surface area contributed by atoms with Crippen LogP contribution >= 0.6 is 11.6 Å². The molecule has 1 aliphatic carbocycles. The van der Waals surface area contributed by atoms with Crippen molar-refractivity contribution in [3.05, 3.63) is 67.2 Å². The number of nitrogens with zero attached hydrogens (tertiary/aromatic N) is 3. The van der Waals surface area contributed by atoms with E-state index in [1.165, 1.54) is 30.2 Å². The Balaban J connectivity index is 2.02. The molecule has 0 aliphatic heterocycles. The third-order valence-electron chi connectivity index (χ3n) is 6.55. The maximum Gasteiger partial charge on any atom is 0.330 e. The molecule has 3 atom stereocenters. The molecular formula is C22H29ClFN3O2. The summed E-state index contributed by atoms with van der Waals surface area (Å²) in [6.07, 6.45) is 3.28. The van der Waals surface area contributed by atoms with Crippen LogP contribution in [-0.2, 0) is 27.2 Å². The zero-order valence-electron chi connectivity index (χ0n) is 17.5. The molecular weight excluding hydrogens is 393 g/mol. The van der Waals surface area contributed by atoms with Crippen LogP contribution < -0.4 is 11.2 Å². The van der Waals surface area contributed by atoms with Crippen LogP contribution in [0.2, 0.25) is 5.02 Å². The minimum atomic E-state index is -0.360. The van der Waals surface area contributed by atoms with Gasteiger partial charge < -0.3 is 0 Å². The molecule has 1 aromatic carbocycles. The average Bonchev–Trinajstić information content (AvgIpc) is 2.68. The zero-order valence-corrected chi connectivity index (χ0v) is 18.2. The van der Waals surface area contributed by atoms with Gasteiger partial charge in [0.15, 0.2) is 0 Å². The summed E-state index contributed by atoms with van der Waals surface area (Å²) in [6.45, 7) is 5.19. The maximum atomic E-state index is 14.5. The lowest BCUT2D eigenvalue weighted by molar-refractivity contribution is 0.0657. The first-order valence-electron chi connectivity index (χ1n) is 10.1. The summed E-state index contributed by atoms with van der Waals surface area (Å²) < 4.78 is 17.1. The van der Waals surface area contributed by atoms with Crippen molar-refractivity contribution in [3.63, 3.8) is 0 Å². The van der Waals surface area contributed by atoms with Gasteiger partial charge in [-0.3, -0.25) is 18.8 Å². The van der Waals surface area contributed by atoms with Crippen molar-refractivity contribution < 1.29 is 4.39 Å². The first kappa shape index (κ1) is 21.8. The standard InChI is InChI=1S/C22H29ClFN3O2/c1-14-7-5-10-20(15(14)2)27(13-17-18(23)8-6-9-19(17)24)12-16-11-21(28)26(4)22(29)25(16)3/h6,8-9,11,14-15,20H,5,7,10,12-13H2,1-4H3. The predicted molar refractivity (Wildman–Crippen MR) is 114 cm³/mol. The number of hydrogen-bond donors (Lipinski definition) is 0. The van der Waals surface area contributed by atoms with Crippen molar-refractivity contribution in [3.8, 4) is 0 Å². The second-order valence-electron chi connectivity index (χ2n) is 8.31. The van der Waals surface area contributed by atoms with E-state index in [2.05, 4.69) is 18.7 Å². The molecule has 0 radical (unpaired) electrons. The fourth-order valence-corrected chi connectivity index (χ4v) is 4.61. The smallest absolute Gasteiger partial charge is 0.299 e. The third-order valence-corrected chi connectivity index (χ3v) is 6.90. The Labute approximate surface area is 175 Å². The number of aromatic nitrogens is 2. The Morgan fingerprint density at radius 2 is 1.86 bits per heavy atom. The van der Waals surface area contributed by atoms with Gasteiger partial charge in [-0.1, -0.05) is 44.4 Å². The summed E-state index contributed by atoms with van der Waals surface area (Å²) in [5.41, 5.74) is 0.378. The molecule has 1 aromatic heterocycles. The Hall–Kier alpha value is -1.92. The van der Waals surface area contributed by atoms with Crippen molar-refractivity contribution in [2.24, 2.45) is 25.9 Å². The van der Waals surface area contributed by atoms with Crippen molar-refractivity contribution in [2.45, 2.75) is 52.2 Å². The van der Waals surface area contributed by atoms with Crippen molar-refractivity contribution in [2.75, 3.05) is 0 Å². The maximum absolute atomic E-state index is 14.5. The van der Waals surface area contributed by atoms with Crippen LogP contribution in [-0.4, -0.2) is 20.1 Å². The molecule has 0 saturated heterocycles. The fraction of sp³-hybridized carbons (Fsp3) is 0.545. The van der Waals surface area contributed by atoms with Crippen LogP contribution in [0.4, 0.5) is 4.39 Å². The highest BCUT2D eigenvalue weighted by Gasteiger charge is 2.32. The van der Waals surface area contributed by atoms with Gasteiger partial charge in [0.2, 0.25) is 0 Å². The molecule has 1 heterocycles. The largest absolute Gasteiger partial charge is 0.330 e. The fourth-order valence-electron chi connectivity index (χ4n) is 4.38. The first-order chi connectivity index (χ1) is 13.7. The number of halogens is 2. The summed E-state index contributed by atoms with van der Waals surface area (Å²) in [7, 11) is 3.13. The van der Waals surface area contributed by atoms with Crippen LogP contribution in [0.3, 0.4) is 0 Å². The Bertz CT molecular complexity index is 980.